The van der Waals surface area contributed by atoms with Gasteiger partial charge in [-0.05, 0) is 24.8 Å². The first-order valence-corrected chi connectivity index (χ1v) is 7.50. The normalized spacial score (nSPS) is 11.7. The second-order valence-corrected chi connectivity index (χ2v) is 6.31. The second kappa shape index (κ2) is 6.14. The largest absolute Gasteiger partial charge is 0.249 e. The van der Waals surface area contributed by atoms with Crippen molar-refractivity contribution in [2.45, 2.75) is 44.9 Å². The van der Waals surface area contributed by atoms with Gasteiger partial charge in [0.1, 0.15) is 0 Å². The molecule has 0 unspecified atom stereocenters. The predicted molar refractivity (Wildman–Crippen MR) is 79.1 cm³/mol. The topological polar surface area (TPSA) is 12.9 Å². The average Bonchev–Trinajstić information content (AvgIpc) is 2.91. The molecule has 2 rings (SSSR count). The van der Waals surface area contributed by atoms with Gasteiger partial charge in [-0.1, -0.05) is 50.6 Å². The van der Waals surface area contributed by atoms with E-state index in [-0.39, 0.29) is 5.41 Å². The van der Waals surface area contributed by atoms with E-state index in [4.69, 9.17) is 0 Å². The molecule has 0 N–H and O–H groups in total. The van der Waals surface area contributed by atoms with Crippen LogP contribution < -0.4 is 0 Å². The summed E-state index contributed by atoms with van der Waals surface area (Å²) in [6.07, 6.45) is 6.84. The van der Waals surface area contributed by atoms with Crippen LogP contribution in [0.3, 0.4) is 0 Å². The van der Waals surface area contributed by atoms with Crippen molar-refractivity contribution in [3.05, 3.63) is 52.5 Å². The van der Waals surface area contributed by atoms with Gasteiger partial charge in [-0.2, -0.15) is 0 Å². The van der Waals surface area contributed by atoms with Crippen LogP contribution in [-0.4, -0.2) is 4.98 Å². The monoisotopic (exact) mass is 259 g/mol. The van der Waals surface area contributed by atoms with Crippen LogP contribution >= 0.6 is 11.3 Å². The molecule has 96 valence electrons. The Labute approximate surface area is 114 Å². The molecule has 2 heteroatoms. The average molecular weight is 259 g/mol. The van der Waals surface area contributed by atoms with Crippen molar-refractivity contribution in [3.8, 4) is 0 Å². The third-order valence-corrected chi connectivity index (χ3v) is 4.51. The zero-order valence-corrected chi connectivity index (χ0v) is 12.0. The highest BCUT2D eigenvalue weighted by Gasteiger charge is 2.22. The fourth-order valence-electron chi connectivity index (χ4n) is 2.21. The fraction of sp³-hybridized carbons (Fsp3) is 0.438. The van der Waals surface area contributed by atoms with Gasteiger partial charge in [0.15, 0.2) is 0 Å². The molecule has 0 amide bonds. The fourth-order valence-corrected chi connectivity index (χ4v) is 3.00. The minimum atomic E-state index is 0.227. The van der Waals surface area contributed by atoms with Gasteiger partial charge in [-0.25, -0.2) is 4.98 Å². The molecule has 0 radical (unpaired) electrons. The molecular weight excluding hydrogens is 238 g/mol. The van der Waals surface area contributed by atoms with Gasteiger partial charge in [0.2, 0.25) is 0 Å². The molecule has 18 heavy (non-hydrogen) atoms. The van der Waals surface area contributed by atoms with Gasteiger partial charge >= 0.3 is 0 Å². The molecule has 0 spiro atoms. The van der Waals surface area contributed by atoms with E-state index in [1.807, 2.05) is 6.20 Å². The van der Waals surface area contributed by atoms with E-state index in [2.05, 4.69) is 54.5 Å². The molecule has 1 heterocycles. The second-order valence-electron chi connectivity index (χ2n) is 5.41. The third-order valence-electron chi connectivity index (χ3n) is 3.37. The number of hydrogen-bond acceptors (Lipinski definition) is 2. The van der Waals surface area contributed by atoms with Crippen LogP contribution in [0, 0.1) is 0 Å². The summed E-state index contributed by atoms with van der Waals surface area (Å²) in [5.74, 6) is 0. The van der Waals surface area contributed by atoms with E-state index in [0.717, 1.165) is 0 Å². The Balaban J connectivity index is 1.76. The highest BCUT2D eigenvalue weighted by Crippen LogP contribution is 2.30. The quantitative estimate of drug-likeness (QED) is 0.677. The van der Waals surface area contributed by atoms with Crippen molar-refractivity contribution in [1.82, 2.24) is 4.98 Å². The Morgan fingerprint density at radius 1 is 1.11 bits per heavy atom. The Kier molecular flexibility index (Phi) is 4.54. The van der Waals surface area contributed by atoms with E-state index >= 15 is 0 Å². The number of benzene rings is 1. The van der Waals surface area contributed by atoms with E-state index in [1.54, 1.807) is 11.3 Å². The molecule has 1 aromatic heterocycles. The zero-order valence-electron chi connectivity index (χ0n) is 11.2. The molecule has 0 aliphatic rings. The first-order valence-electron chi connectivity index (χ1n) is 6.62. The van der Waals surface area contributed by atoms with Crippen LogP contribution in [0.15, 0.2) is 41.9 Å². The molecule has 0 saturated carbocycles. The van der Waals surface area contributed by atoms with Crippen molar-refractivity contribution < 1.29 is 0 Å². The van der Waals surface area contributed by atoms with Crippen LogP contribution in [0.1, 0.15) is 43.7 Å². The molecule has 0 aliphatic carbocycles. The molecule has 0 atom stereocenters. The number of nitrogens with zero attached hydrogens (tertiary/aromatic N) is 1. The minimum absolute atomic E-state index is 0.227. The number of thiazole rings is 1. The first kappa shape index (κ1) is 13.3. The van der Waals surface area contributed by atoms with E-state index in [1.165, 1.54) is 36.3 Å². The molecule has 2 aromatic rings. The lowest BCUT2D eigenvalue weighted by Gasteiger charge is -2.21. The summed E-state index contributed by atoms with van der Waals surface area (Å²) in [5.41, 5.74) is 1.68. The third kappa shape index (κ3) is 3.67. The van der Waals surface area contributed by atoms with Gasteiger partial charge in [0.25, 0.3) is 0 Å². The Morgan fingerprint density at radius 2 is 1.89 bits per heavy atom. The molecular formula is C16H21NS. The zero-order chi connectivity index (χ0) is 12.8. The number of hydrogen-bond donors (Lipinski definition) is 0. The number of aryl methyl sites for hydroxylation is 1. The maximum absolute atomic E-state index is 4.44. The van der Waals surface area contributed by atoms with E-state index < -0.39 is 0 Å². The maximum atomic E-state index is 4.44. The maximum Gasteiger partial charge on any atom is 0.0981 e. The Bertz CT molecular complexity index is 445. The molecule has 0 aliphatic heterocycles. The van der Waals surface area contributed by atoms with Crippen LogP contribution in [0.2, 0.25) is 0 Å². The van der Waals surface area contributed by atoms with Gasteiger partial charge in [0.05, 0.1) is 5.01 Å². The highest BCUT2D eigenvalue weighted by atomic mass is 32.1. The van der Waals surface area contributed by atoms with Gasteiger partial charge in [-0.3, -0.25) is 0 Å². The van der Waals surface area contributed by atoms with Crippen LogP contribution in [0.25, 0.3) is 0 Å². The van der Waals surface area contributed by atoms with Crippen molar-refractivity contribution in [2.75, 3.05) is 0 Å². The molecule has 1 aromatic carbocycles. The standard InChI is InChI=1S/C16H21NS/c1-16(2,15-17-12-13-18-15)11-7-6-10-14-8-4-3-5-9-14/h3-5,8-9,12-13H,6-7,10-11H2,1-2H3. The lowest BCUT2D eigenvalue weighted by atomic mass is 9.87. The van der Waals surface area contributed by atoms with Gasteiger partial charge < -0.3 is 0 Å². The Morgan fingerprint density at radius 3 is 2.56 bits per heavy atom. The van der Waals surface area contributed by atoms with E-state index in [9.17, 15) is 0 Å². The van der Waals surface area contributed by atoms with Crippen molar-refractivity contribution >= 4 is 11.3 Å². The Hall–Kier alpha value is -1.15. The summed E-state index contributed by atoms with van der Waals surface area (Å²) >= 11 is 1.77. The highest BCUT2D eigenvalue weighted by molar-refractivity contribution is 7.09. The molecule has 0 bridgehead atoms. The van der Waals surface area contributed by atoms with Gasteiger partial charge in [-0.15, -0.1) is 11.3 Å². The van der Waals surface area contributed by atoms with Crippen molar-refractivity contribution in [1.29, 1.82) is 0 Å². The number of aromatic nitrogens is 1. The van der Waals surface area contributed by atoms with Crippen molar-refractivity contribution in [3.63, 3.8) is 0 Å². The lowest BCUT2D eigenvalue weighted by molar-refractivity contribution is 0.450. The minimum Gasteiger partial charge on any atom is -0.249 e. The summed E-state index contributed by atoms with van der Waals surface area (Å²) < 4.78 is 0. The predicted octanol–water partition coefficient (Wildman–Crippen LogP) is 4.83. The lowest BCUT2D eigenvalue weighted by Crippen LogP contribution is -2.16. The summed E-state index contributed by atoms with van der Waals surface area (Å²) in [5, 5.41) is 3.34. The summed E-state index contributed by atoms with van der Waals surface area (Å²) in [4.78, 5) is 4.44. The number of rotatable bonds is 6. The summed E-state index contributed by atoms with van der Waals surface area (Å²) in [6, 6.07) is 10.7. The summed E-state index contributed by atoms with van der Waals surface area (Å²) in [7, 11) is 0. The van der Waals surface area contributed by atoms with Gasteiger partial charge in [0, 0.05) is 17.0 Å². The van der Waals surface area contributed by atoms with Crippen LogP contribution in [0.4, 0.5) is 0 Å². The molecule has 1 nitrogen and oxygen atoms in total. The first-order chi connectivity index (χ1) is 8.68. The molecule has 0 fully saturated rings. The van der Waals surface area contributed by atoms with Crippen LogP contribution in [0.5, 0.6) is 0 Å². The van der Waals surface area contributed by atoms with Crippen LogP contribution in [-0.2, 0) is 11.8 Å². The van der Waals surface area contributed by atoms with Crippen molar-refractivity contribution in [2.24, 2.45) is 0 Å². The SMILES string of the molecule is CC(C)(CCCCc1ccccc1)c1nccs1. The molecule has 0 saturated heterocycles. The smallest absolute Gasteiger partial charge is 0.0981 e. The van der Waals surface area contributed by atoms with E-state index in [0.29, 0.717) is 0 Å². The summed E-state index contributed by atoms with van der Waals surface area (Å²) in [6.45, 7) is 4.60. The number of unbranched alkanes of at least 4 members (excludes halogenated alkanes) is 1.